The van der Waals surface area contributed by atoms with Gasteiger partial charge < -0.3 is 15.7 Å². The summed E-state index contributed by atoms with van der Waals surface area (Å²) in [5, 5.41) is 17.2. The van der Waals surface area contributed by atoms with Crippen LogP contribution in [0.5, 0.6) is 0 Å². The minimum Gasteiger partial charge on any atom is -0.393 e. The van der Waals surface area contributed by atoms with Crippen LogP contribution in [0.2, 0.25) is 0 Å². The minimum absolute atomic E-state index is 0.124. The second kappa shape index (κ2) is 7.24. The Morgan fingerprint density at radius 1 is 1.22 bits per heavy atom. The van der Waals surface area contributed by atoms with Crippen molar-refractivity contribution in [1.82, 2.24) is 10.6 Å². The molecule has 2 aliphatic rings. The number of aliphatic imine (C=N–C) groups is 1. The third kappa shape index (κ3) is 4.05. The predicted octanol–water partition coefficient (Wildman–Crippen LogP) is 1.21. The Balaban J connectivity index is 1.65. The Bertz CT molecular complexity index is 279. The molecule has 1 saturated heterocycles. The van der Waals surface area contributed by atoms with Gasteiger partial charge in [-0.15, -0.1) is 0 Å². The molecule has 0 amide bonds. The van der Waals surface area contributed by atoms with Gasteiger partial charge in [0.15, 0.2) is 5.96 Å². The second-order valence-corrected chi connectivity index (χ2v) is 6.64. The van der Waals surface area contributed by atoms with E-state index >= 15 is 0 Å². The molecule has 2 rings (SSSR count). The average Bonchev–Trinajstić information content (AvgIpc) is 3.01. The number of aliphatic hydroxyl groups is 1. The Hall–Kier alpha value is -0.420. The van der Waals surface area contributed by atoms with Crippen LogP contribution in [0.1, 0.15) is 32.1 Å². The summed E-state index contributed by atoms with van der Waals surface area (Å²) >= 11 is 2.05. The number of nitrogens with one attached hydrogen (secondary N) is 2. The van der Waals surface area contributed by atoms with Crippen LogP contribution in [0.4, 0.5) is 0 Å². The first-order chi connectivity index (χ1) is 8.79. The molecule has 3 atom stereocenters. The molecule has 1 aliphatic heterocycles. The molecule has 18 heavy (non-hydrogen) atoms. The molecule has 0 bridgehead atoms. The van der Waals surface area contributed by atoms with Crippen molar-refractivity contribution in [3.63, 3.8) is 0 Å². The smallest absolute Gasteiger partial charge is 0.191 e. The molecule has 0 radical (unpaired) electrons. The molecule has 104 valence electrons. The topological polar surface area (TPSA) is 56.7 Å². The third-order valence-corrected chi connectivity index (χ3v) is 5.29. The maximum absolute atomic E-state index is 9.77. The normalized spacial score (nSPS) is 32.8. The molecule has 5 heteroatoms. The van der Waals surface area contributed by atoms with Crippen molar-refractivity contribution in [2.24, 2.45) is 10.9 Å². The summed E-state index contributed by atoms with van der Waals surface area (Å²) in [7, 11) is 1.81. The van der Waals surface area contributed by atoms with Gasteiger partial charge in [-0.1, -0.05) is 6.42 Å². The molecule has 1 heterocycles. The van der Waals surface area contributed by atoms with Gasteiger partial charge in [-0.2, -0.15) is 11.8 Å². The number of aliphatic hydroxyl groups excluding tert-OH is 1. The second-order valence-electron chi connectivity index (χ2n) is 5.23. The zero-order valence-corrected chi connectivity index (χ0v) is 12.0. The quantitative estimate of drug-likeness (QED) is 0.531. The molecule has 1 aliphatic carbocycles. The van der Waals surface area contributed by atoms with Gasteiger partial charge in [0.1, 0.15) is 0 Å². The summed E-state index contributed by atoms with van der Waals surface area (Å²) in [6, 6.07) is 0. The highest BCUT2D eigenvalue weighted by atomic mass is 32.2. The van der Waals surface area contributed by atoms with E-state index < -0.39 is 0 Å². The molecule has 2 fully saturated rings. The van der Waals surface area contributed by atoms with E-state index in [0.717, 1.165) is 43.6 Å². The largest absolute Gasteiger partial charge is 0.393 e. The van der Waals surface area contributed by atoms with Crippen LogP contribution in [0, 0.1) is 5.92 Å². The zero-order chi connectivity index (χ0) is 12.8. The van der Waals surface area contributed by atoms with E-state index in [0.29, 0.717) is 5.92 Å². The van der Waals surface area contributed by atoms with Crippen molar-refractivity contribution in [3.8, 4) is 0 Å². The molecule has 4 nitrogen and oxygen atoms in total. The minimum atomic E-state index is -0.124. The Morgan fingerprint density at radius 3 is 2.67 bits per heavy atom. The first kappa shape index (κ1) is 14.0. The van der Waals surface area contributed by atoms with E-state index in [9.17, 15) is 5.11 Å². The summed E-state index contributed by atoms with van der Waals surface area (Å²) in [4.78, 5) is 4.24. The molecule has 0 aromatic rings. The van der Waals surface area contributed by atoms with Crippen molar-refractivity contribution in [3.05, 3.63) is 0 Å². The van der Waals surface area contributed by atoms with E-state index in [1.165, 1.54) is 18.6 Å². The molecular weight excluding hydrogens is 246 g/mol. The van der Waals surface area contributed by atoms with Gasteiger partial charge in [0, 0.05) is 31.3 Å². The SMILES string of the molecule is CN=C(NCC1CCCS1)NCC1CCCC1O. The maximum Gasteiger partial charge on any atom is 0.191 e. The lowest BCUT2D eigenvalue weighted by molar-refractivity contribution is 0.134. The van der Waals surface area contributed by atoms with E-state index in [1.807, 2.05) is 7.05 Å². The predicted molar refractivity (Wildman–Crippen MR) is 78.2 cm³/mol. The fourth-order valence-electron chi connectivity index (χ4n) is 2.72. The average molecular weight is 271 g/mol. The summed E-state index contributed by atoms with van der Waals surface area (Å²) in [5.74, 6) is 2.57. The maximum atomic E-state index is 9.77. The van der Waals surface area contributed by atoms with Crippen LogP contribution in [0.3, 0.4) is 0 Å². The lowest BCUT2D eigenvalue weighted by atomic mass is 10.1. The summed E-state index contributed by atoms with van der Waals surface area (Å²) < 4.78 is 0. The standard InChI is InChI=1S/C13H25N3OS/c1-14-13(16-9-11-5-3-7-18-11)15-8-10-4-2-6-12(10)17/h10-12,17H,2-9H2,1H3,(H2,14,15,16). The van der Waals surface area contributed by atoms with Crippen molar-refractivity contribution in [1.29, 1.82) is 0 Å². The lowest BCUT2D eigenvalue weighted by Crippen LogP contribution is -2.43. The molecule has 0 aromatic carbocycles. The van der Waals surface area contributed by atoms with E-state index in [1.54, 1.807) is 0 Å². The Kier molecular flexibility index (Phi) is 5.63. The first-order valence-electron chi connectivity index (χ1n) is 7.04. The highest BCUT2D eigenvalue weighted by molar-refractivity contribution is 8.00. The fourth-order valence-corrected chi connectivity index (χ4v) is 3.92. The van der Waals surface area contributed by atoms with Gasteiger partial charge in [0.2, 0.25) is 0 Å². The monoisotopic (exact) mass is 271 g/mol. The molecular formula is C13H25N3OS. The highest BCUT2D eigenvalue weighted by Gasteiger charge is 2.25. The number of thioether (sulfide) groups is 1. The number of guanidine groups is 1. The zero-order valence-electron chi connectivity index (χ0n) is 11.2. The number of hydrogen-bond acceptors (Lipinski definition) is 3. The van der Waals surface area contributed by atoms with Crippen LogP contribution in [-0.2, 0) is 0 Å². The van der Waals surface area contributed by atoms with Gasteiger partial charge in [0.25, 0.3) is 0 Å². The van der Waals surface area contributed by atoms with Crippen LogP contribution in [-0.4, -0.2) is 48.3 Å². The highest BCUT2D eigenvalue weighted by Crippen LogP contribution is 2.25. The first-order valence-corrected chi connectivity index (χ1v) is 8.08. The van der Waals surface area contributed by atoms with E-state index in [2.05, 4.69) is 27.4 Å². The summed E-state index contributed by atoms with van der Waals surface area (Å²) in [6.07, 6.45) is 5.77. The number of hydrogen-bond donors (Lipinski definition) is 3. The van der Waals surface area contributed by atoms with Gasteiger partial charge in [-0.25, -0.2) is 0 Å². The number of nitrogens with zero attached hydrogens (tertiary/aromatic N) is 1. The lowest BCUT2D eigenvalue weighted by Gasteiger charge is -2.19. The van der Waals surface area contributed by atoms with Gasteiger partial charge in [-0.3, -0.25) is 4.99 Å². The van der Waals surface area contributed by atoms with Gasteiger partial charge >= 0.3 is 0 Å². The number of rotatable bonds is 4. The molecule has 0 spiro atoms. The van der Waals surface area contributed by atoms with Gasteiger partial charge in [-0.05, 0) is 31.4 Å². The Labute approximate surface area is 114 Å². The van der Waals surface area contributed by atoms with Crippen LogP contribution in [0.25, 0.3) is 0 Å². The van der Waals surface area contributed by atoms with Crippen molar-refractivity contribution < 1.29 is 5.11 Å². The molecule has 0 aromatic heterocycles. The van der Waals surface area contributed by atoms with Crippen molar-refractivity contribution in [2.45, 2.75) is 43.5 Å². The summed E-state index contributed by atoms with van der Waals surface area (Å²) in [6.45, 7) is 1.83. The molecule has 3 unspecified atom stereocenters. The Morgan fingerprint density at radius 2 is 2.06 bits per heavy atom. The fraction of sp³-hybridized carbons (Fsp3) is 0.923. The molecule has 3 N–H and O–H groups in total. The summed E-state index contributed by atoms with van der Waals surface area (Å²) in [5.41, 5.74) is 0. The third-order valence-electron chi connectivity index (χ3n) is 3.90. The van der Waals surface area contributed by atoms with Crippen LogP contribution >= 0.6 is 11.8 Å². The van der Waals surface area contributed by atoms with E-state index in [-0.39, 0.29) is 6.10 Å². The van der Waals surface area contributed by atoms with Crippen molar-refractivity contribution >= 4 is 17.7 Å². The van der Waals surface area contributed by atoms with Gasteiger partial charge in [0.05, 0.1) is 6.10 Å². The van der Waals surface area contributed by atoms with E-state index in [4.69, 9.17) is 0 Å². The van der Waals surface area contributed by atoms with Crippen LogP contribution < -0.4 is 10.6 Å². The molecule has 1 saturated carbocycles. The van der Waals surface area contributed by atoms with Crippen LogP contribution in [0.15, 0.2) is 4.99 Å². The van der Waals surface area contributed by atoms with Crippen molar-refractivity contribution in [2.75, 3.05) is 25.9 Å².